The molecule has 4 rings (SSSR count). The van der Waals surface area contributed by atoms with Crippen molar-refractivity contribution in [3.05, 3.63) is 102 Å². The molecule has 1 aliphatic heterocycles. The predicted octanol–water partition coefficient (Wildman–Crippen LogP) is 5.91. The lowest BCUT2D eigenvalue weighted by Gasteiger charge is -2.26. The van der Waals surface area contributed by atoms with Crippen molar-refractivity contribution in [3.8, 4) is 5.75 Å². The Hall–Kier alpha value is -3.73. The zero-order valence-electron chi connectivity index (χ0n) is 18.0. The highest BCUT2D eigenvalue weighted by molar-refractivity contribution is 9.10. The van der Waals surface area contributed by atoms with E-state index < -0.39 is 22.8 Å². The molecule has 182 valence electrons. The molecular formula is C24H14BrCl2N3O6. The van der Waals surface area contributed by atoms with Crippen LogP contribution in [-0.4, -0.2) is 22.8 Å². The van der Waals surface area contributed by atoms with Crippen LogP contribution in [0.2, 0.25) is 10.0 Å². The molecule has 0 bridgehead atoms. The van der Waals surface area contributed by atoms with Gasteiger partial charge >= 0.3 is 6.03 Å². The number of hydrogen-bond donors (Lipinski definition) is 1. The molecule has 0 aliphatic carbocycles. The second-order valence-corrected chi connectivity index (χ2v) is 9.19. The van der Waals surface area contributed by atoms with E-state index >= 15 is 0 Å². The second kappa shape index (κ2) is 10.5. The van der Waals surface area contributed by atoms with Crippen molar-refractivity contribution in [1.82, 2.24) is 5.32 Å². The maximum absolute atomic E-state index is 13.0. The van der Waals surface area contributed by atoms with E-state index in [0.717, 1.165) is 9.37 Å². The zero-order chi connectivity index (χ0) is 26.0. The molecule has 1 saturated heterocycles. The van der Waals surface area contributed by atoms with Gasteiger partial charge in [0.2, 0.25) is 0 Å². The molecule has 1 aliphatic rings. The Bertz CT molecular complexity index is 1420. The van der Waals surface area contributed by atoms with Crippen molar-refractivity contribution in [3.63, 3.8) is 0 Å². The first kappa shape index (κ1) is 25.4. The Morgan fingerprint density at radius 3 is 2.33 bits per heavy atom. The largest absolute Gasteiger partial charge is 0.486 e. The average molecular weight is 591 g/mol. The van der Waals surface area contributed by atoms with Gasteiger partial charge in [-0.25, -0.2) is 9.69 Å². The quantitative estimate of drug-likeness (QED) is 0.165. The van der Waals surface area contributed by atoms with Crippen LogP contribution in [0.3, 0.4) is 0 Å². The molecule has 1 heterocycles. The SMILES string of the molecule is O=C1NC(=O)N(c2ccc(Br)cc2)C(=O)/C1=C/c1cc(Cl)c(OCc2cccc([N+](=O)[O-])c2)c(Cl)c1. The fraction of sp³-hybridized carbons (Fsp3) is 0.0417. The van der Waals surface area contributed by atoms with E-state index in [-0.39, 0.29) is 39.3 Å². The number of imide groups is 2. The molecule has 0 radical (unpaired) electrons. The molecule has 36 heavy (non-hydrogen) atoms. The number of ether oxygens (including phenoxy) is 1. The van der Waals surface area contributed by atoms with Crippen molar-refractivity contribution in [2.24, 2.45) is 0 Å². The Morgan fingerprint density at radius 2 is 1.69 bits per heavy atom. The Labute approximate surface area is 222 Å². The van der Waals surface area contributed by atoms with Gasteiger partial charge in [0, 0.05) is 16.6 Å². The van der Waals surface area contributed by atoms with Crippen LogP contribution in [0.15, 0.2) is 70.7 Å². The molecule has 12 heteroatoms. The summed E-state index contributed by atoms with van der Waals surface area (Å²) >= 11 is 16.0. The number of nitro benzene ring substituents is 1. The number of halogens is 3. The van der Waals surface area contributed by atoms with Gasteiger partial charge in [-0.2, -0.15) is 0 Å². The number of rotatable bonds is 6. The number of non-ortho nitro benzene ring substituents is 1. The molecule has 4 amide bonds. The lowest BCUT2D eigenvalue weighted by molar-refractivity contribution is -0.384. The van der Waals surface area contributed by atoms with Crippen LogP contribution in [0.4, 0.5) is 16.2 Å². The molecule has 0 spiro atoms. The first-order valence-corrected chi connectivity index (χ1v) is 11.7. The van der Waals surface area contributed by atoms with Crippen LogP contribution in [0.25, 0.3) is 6.08 Å². The lowest BCUT2D eigenvalue weighted by Crippen LogP contribution is -2.54. The molecule has 0 atom stereocenters. The number of nitro groups is 1. The average Bonchev–Trinajstić information content (AvgIpc) is 2.82. The molecule has 9 nitrogen and oxygen atoms in total. The number of carbonyl (C=O) groups excluding carboxylic acids is 3. The summed E-state index contributed by atoms with van der Waals surface area (Å²) in [5, 5.41) is 13.3. The van der Waals surface area contributed by atoms with E-state index in [1.807, 2.05) is 0 Å². The van der Waals surface area contributed by atoms with E-state index in [9.17, 15) is 24.5 Å². The van der Waals surface area contributed by atoms with Gasteiger partial charge < -0.3 is 4.74 Å². The summed E-state index contributed by atoms with van der Waals surface area (Å²) in [6.07, 6.45) is 1.26. The predicted molar refractivity (Wildman–Crippen MR) is 137 cm³/mol. The van der Waals surface area contributed by atoms with E-state index in [4.69, 9.17) is 27.9 Å². The van der Waals surface area contributed by atoms with Crippen LogP contribution >= 0.6 is 39.1 Å². The monoisotopic (exact) mass is 589 g/mol. The number of hydrogen-bond acceptors (Lipinski definition) is 6. The summed E-state index contributed by atoms with van der Waals surface area (Å²) in [4.78, 5) is 49.1. The van der Waals surface area contributed by atoms with Gasteiger partial charge in [0.15, 0.2) is 5.75 Å². The van der Waals surface area contributed by atoms with Gasteiger partial charge in [0.1, 0.15) is 12.2 Å². The van der Waals surface area contributed by atoms with Gasteiger partial charge in [0.05, 0.1) is 20.7 Å². The number of anilines is 1. The van der Waals surface area contributed by atoms with Crippen LogP contribution in [0.5, 0.6) is 5.75 Å². The molecule has 0 aromatic heterocycles. The minimum atomic E-state index is -0.870. The number of urea groups is 1. The maximum Gasteiger partial charge on any atom is 0.335 e. The number of amides is 4. The number of barbiturate groups is 1. The zero-order valence-corrected chi connectivity index (χ0v) is 21.1. The number of nitrogens with zero attached hydrogens (tertiary/aromatic N) is 2. The summed E-state index contributed by atoms with van der Waals surface area (Å²) in [5.74, 6) is -1.56. The molecule has 3 aromatic carbocycles. The van der Waals surface area contributed by atoms with E-state index in [1.165, 1.54) is 36.4 Å². The molecule has 1 N–H and O–H groups in total. The third-order valence-corrected chi connectivity index (χ3v) is 6.11. The summed E-state index contributed by atoms with van der Waals surface area (Å²) in [6, 6.07) is 14.3. The topological polar surface area (TPSA) is 119 Å². The summed E-state index contributed by atoms with van der Waals surface area (Å²) in [5.41, 5.74) is 0.748. The molecule has 0 saturated carbocycles. The number of carbonyl (C=O) groups is 3. The summed E-state index contributed by atoms with van der Waals surface area (Å²) < 4.78 is 6.41. The van der Waals surface area contributed by atoms with Crippen LogP contribution in [0.1, 0.15) is 11.1 Å². The Balaban J connectivity index is 1.59. The van der Waals surface area contributed by atoms with Crippen LogP contribution < -0.4 is 15.0 Å². The van der Waals surface area contributed by atoms with Crippen molar-refractivity contribution >= 4 is 74.4 Å². The highest BCUT2D eigenvalue weighted by Crippen LogP contribution is 2.36. The number of nitrogens with one attached hydrogen (secondary N) is 1. The Morgan fingerprint density at radius 1 is 1.03 bits per heavy atom. The van der Waals surface area contributed by atoms with Gasteiger partial charge in [-0.15, -0.1) is 0 Å². The lowest BCUT2D eigenvalue weighted by atomic mass is 10.1. The van der Waals surface area contributed by atoms with E-state index in [2.05, 4.69) is 21.2 Å². The van der Waals surface area contributed by atoms with E-state index in [1.54, 1.807) is 30.3 Å². The highest BCUT2D eigenvalue weighted by Gasteiger charge is 2.36. The van der Waals surface area contributed by atoms with Gasteiger partial charge in [-0.1, -0.05) is 51.3 Å². The van der Waals surface area contributed by atoms with Crippen LogP contribution in [-0.2, 0) is 16.2 Å². The van der Waals surface area contributed by atoms with Crippen molar-refractivity contribution < 1.29 is 24.0 Å². The molecule has 3 aromatic rings. The van der Waals surface area contributed by atoms with E-state index in [0.29, 0.717) is 11.1 Å². The van der Waals surface area contributed by atoms with Crippen molar-refractivity contribution in [2.75, 3.05) is 4.90 Å². The van der Waals surface area contributed by atoms with Gasteiger partial charge in [-0.3, -0.25) is 25.0 Å². The maximum atomic E-state index is 13.0. The smallest absolute Gasteiger partial charge is 0.335 e. The normalized spacial score (nSPS) is 14.7. The molecular weight excluding hydrogens is 577 g/mol. The molecule has 1 fully saturated rings. The first-order chi connectivity index (χ1) is 17.1. The third-order valence-electron chi connectivity index (χ3n) is 5.02. The Kier molecular flexibility index (Phi) is 7.39. The minimum absolute atomic E-state index is 0.0350. The van der Waals surface area contributed by atoms with Gasteiger partial charge in [-0.05, 0) is 53.6 Å². The number of benzene rings is 3. The van der Waals surface area contributed by atoms with Crippen LogP contribution in [0, 0.1) is 10.1 Å². The fourth-order valence-electron chi connectivity index (χ4n) is 3.36. The van der Waals surface area contributed by atoms with Crippen molar-refractivity contribution in [2.45, 2.75) is 6.61 Å². The van der Waals surface area contributed by atoms with Crippen molar-refractivity contribution in [1.29, 1.82) is 0 Å². The summed E-state index contributed by atoms with van der Waals surface area (Å²) in [7, 11) is 0. The fourth-order valence-corrected chi connectivity index (χ4v) is 4.24. The minimum Gasteiger partial charge on any atom is -0.486 e. The molecule has 0 unspecified atom stereocenters. The first-order valence-electron chi connectivity index (χ1n) is 10.2. The standard InChI is InChI=1S/C24H14BrCl2N3O6/c25-15-4-6-16(7-5-15)29-23(32)18(22(31)28-24(29)33)9-14-10-19(26)21(20(27)11-14)36-12-13-2-1-3-17(8-13)30(34)35/h1-11H,12H2,(H,28,31,33)/b18-9+. The summed E-state index contributed by atoms with van der Waals surface area (Å²) in [6.45, 7) is -0.0350. The van der Waals surface area contributed by atoms with Gasteiger partial charge in [0.25, 0.3) is 17.5 Å². The highest BCUT2D eigenvalue weighted by atomic mass is 79.9. The third kappa shape index (κ3) is 5.40. The second-order valence-electron chi connectivity index (χ2n) is 7.46.